The first-order chi connectivity index (χ1) is 13.5. The lowest BCUT2D eigenvalue weighted by Crippen LogP contribution is -2.41. The van der Waals surface area contributed by atoms with Gasteiger partial charge < -0.3 is 10.6 Å². The average Bonchev–Trinajstić information content (AvgIpc) is 3.20. The topological polar surface area (TPSA) is 70.4 Å². The molecule has 8 heteroatoms. The molecule has 2 aromatic heterocycles. The Balaban J connectivity index is 0.00000420. The minimum atomic E-state index is 0. The van der Waals surface area contributed by atoms with Crippen LogP contribution >= 0.6 is 24.0 Å². The molecule has 0 aliphatic rings. The van der Waals surface area contributed by atoms with Crippen LogP contribution in [0.25, 0.3) is 5.82 Å². The van der Waals surface area contributed by atoms with Crippen molar-refractivity contribution in [1.29, 1.82) is 0 Å². The van der Waals surface area contributed by atoms with Gasteiger partial charge in [-0.15, -0.1) is 24.0 Å². The molecule has 2 heterocycles. The summed E-state index contributed by atoms with van der Waals surface area (Å²) in [6.45, 7) is 14.5. The van der Waals surface area contributed by atoms with Crippen molar-refractivity contribution in [2.24, 2.45) is 4.99 Å². The Kier molecular flexibility index (Phi) is 11.8. The second-order valence-corrected chi connectivity index (χ2v) is 7.37. The molecule has 0 aliphatic carbocycles. The van der Waals surface area contributed by atoms with Gasteiger partial charge in [-0.2, -0.15) is 5.10 Å². The van der Waals surface area contributed by atoms with Crippen molar-refractivity contribution < 1.29 is 0 Å². The third kappa shape index (κ3) is 8.69. The molecular weight excluding hydrogens is 477 g/mol. The van der Waals surface area contributed by atoms with Crippen LogP contribution in [0, 0.1) is 0 Å². The molecule has 0 radical (unpaired) electrons. The number of nitrogens with zero attached hydrogens (tertiary/aromatic N) is 5. The normalized spacial score (nSPS) is 11.8. The number of hydrogen-bond acceptors (Lipinski definition) is 4. The van der Waals surface area contributed by atoms with E-state index in [0.29, 0.717) is 18.6 Å². The lowest BCUT2D eigenvalue weighted by atomic mass is 10.2. The largest absolute Gasteiger partial charge is 0.357 e. The van der Waals surface area contributed by atoms with Crippen LogP contribution in [0.2, 0.25) is 0 Å². The molecule has 162 valence electrons. The van der Waals surface area contributed by atoms with Crippen LogP contribution in [0.1, 0.15) is 46.6 Å². The Morgan fingerprint density at radius 1 is 1.17 bits per heavy atom. The number of halogens is 1. The number of pyridine rings is 1. The Morgan fingerprint density at radius 3 is 2.55 bits per heavy atom. The standard InChI is InChI=1S/C21H35N7.HI/c1-6-22-21(24-10-7-13-27(17(2)3)18(4)5)25-16-19-9-12-23-20(15-19)28-14-8-11-26-28;/h8-9,11-12,14-15,17-18H,6-7,10,13,16H2,1-5H3,(H2,22,24,25);1H. The predicted octanol–water partition coefficient (Wildman–Crippen LogP) is 3.45. The maximum atomic E-state index is 4.72. The summed E-state index contributed by atoms with van der Waals surface area (Å²) >= 11 is 0. The quantitative estimate of drug-likeness (QED) is 0.221. The molecule has 0 atom stereocenters. The van der Waals surface area contributed by atoms with E-state index in [-0.39, 0.29) is 24.0 Å². The Hall–Kier alpha value is -1.68. The minimum Gasteiger partial charge on any atom is -0.357 e. The van der Waals surface area contributed by atoms with E-state index < -0.39 is 0 Å². The van der Waals surface area contributed by atoms with Gasteiger partial charge in [-0.1, -0.05) is 0 Å². The van der Waals surface area contributed by atoms with Gasteiger partial charge in [0.2, 0.25) is 0 Å². The fourth-order valence-corrected chi connectivity index (χ4v) is 3.18. The zero-order valence-corrected chi connectivity index (χ0v) is 20.6. The van der Waals surface area contributed by atoms with Crippen LogP contribution in [0.4, 0.5) is 0 Å². The number of guanidine groups is 1. The van der Waals surface area contributed by atoms with Gasteiger partial charge in [0.05, 0.1) is 6.54 Å². The number of hydrogen-bond donors (Lipinski definition) is 2. The fraction of sp³-hybridized carbons (Fsp3) is 0.571. The van der Waals surface area contributed by atoms with Crippen molar-refractivity contribution in [1.82, 2.24) is 30.3 Å². The molecule has 2 rings (SSSR count). The van der Waals surface area contributed by atoms with Gasteiger partial charge >= 0.3 is 0 Å². The number of aliphatic imine (C=N–C) groups is 1. The molecule has 7 nitrogen and oxygen atoms in total. The van der Waals surface area contributed by atoms with Crippen LogP contribution in [-0.2, 0) is 6.54 Å². The van der Waals surface area contributed by atoms with Gasteiger partial charge in [0, 0.05) is 50.3 Å². The van der Waals surface area contributed by atoms with Crippen molar-refractivity contribution in [3.8, 4) is 5.82 Å². The van der Waals surface area contributed by atoms with Gasteiger partial charge in [-0.25, -0.2) is 14.7 Å². The number of aromatic nitrogens is 3. The first-order valence-electron chi connectivity index (χ1n) is 10.2. The van der Waals surface area contributed by atoms with E-state index in [9.17, 15) is 0 Å². The highest BCUT2D eigenvalue weighted by atomic mass is 127. The molecule has 0 amide bonds. The van der Waals surface area contributed by atoms with Crippen molar-refractivity contribution in [2.75, 3.05) is 19.6 Å². The zero-order chi connectivity index (χ0) is 20.4. The third-order valence-corrected chi connectivity index (χ3v) is 4.53. The van der Waals surface area contributed by atoms with Crippen LogP contribution in [0.5, 0.6) is 0 Å². The predicted molar refractivity (Wildman–Crippen MR) is 131 cm³/mol. The monoisotopic (exact) mass is 513 g/mol. The summed E-state index contributed by atoms with van der Waals surface area (Å²) in [5.41, 5.74) is 1.10. The summed E-state index contributed by atoms with van der Waals surface area (Å²) in [5.74, 6) is 1.65. The molecule has 2 N–H and O–H groups in total. The molecule has 0 bridgehead atoms. The summed E-state index contributed by atoms with van der Waals surface area (Å²) in [6, 6.07) is 7.03. The van der Waals surface area contributed by atoms with Gasteiger partial charge in [-0.05, 0) is 64.8 Å². The van der Waals surface area contributed by atoms with Gasteiger partial charge in [0.1, 0.15) is 0 Å². The molecule has 0 aromatic carbocycles. The van der Waals surface area contributed by atoms with Crippen LogP contribution in [0.15, 0.2) is 41.8 Å². The van der Waals surface area contributed by atoms with Gasteiger partial charge in [-0.3, -0.25) is 4.90 Å². The van der Waals surface area contributed by atoms with E-state index in [4.69, 9.17) is 4.99 Å². The van der Waals surface area contributed by atoms with E-state index in [0.717, 1.165) is 43.4 Å². The van der Waals surface area contributed by atoms with Crippen LogP contribution in [-0.4, -0.2) is 57.3 Å². The first-order valence-corrected chi connectivity index (χ1v) is 10.2. The van der Waals surface area contributed by atoms with Crippen LogP contribution < -0.4 is 10.6 Å². The molecule has 0 spiro atoms. The Morgan fingerprint density at radius 2 is 1.93 bits per heavy atom. The van der Waals surface area contributed by atoms with E-state index >= 15 is 0 Å². The second-order valence-electron chi connectivity index (χ2n) is 7.37. The van der Waals surface area contributed by atoms with Crippen molar-refractivity contribution >= 4 is 29.9 Å². The van der Waals surface area contributed by atoms with E-state index in [1.165, 1.54) is 0 Å². The van der Waals surface area contributed by atoms with Crippen molar-refractivity contribution in [3.05, 3.63) is 42.4 Å². The van der Waals surface area contributed by atoms with Crippen molar-refractivity contribution in [2.45, 2.75) is 59.7 Å². The smallest absolute Gasteiger partial charge is 0.191 e. The fourth-order valence-electron chi connectivity index (χ4n) is 3.18. The molecule has 29 heavy (non-hydrogen) atoms. The number of rotatable bonds is 10. The molecule has 0 aliphatic heterocycles. The summed E-state index contributed by atoms with van der Waals surface area (Å²) in [7, 11) is 0. The maximum Gasteiger partial charge on any atom is 0.191 e. The first kappa shape index (κ1) is 25.4. The molecule has 0 unspecified atom stereocenters. The summed E-state index contributed by atoms with van der Waals surface area (Å²) in [5, 5.41) is 11.0. The summed E-state index contributed by atoms with van der Waals surface area (Å²) in [4.78, 5) is 11.6. The average molecular weight is 513 g/mol. The lowest BCUT2D eigenvalue weighted by molar-refractivity contribution is 0.173. The lowest BCUT2D eigenvalue weighted by Gasteiger charge is -2.30. The molecular formula is C21H36IN7. The maximum absolute atomic E-state index is 4.72. The molecule has 2 aromatic rings. The van der Waals surface area contributed by atoms with E-state index in [1.54, 1.807) is 17.1 Å². The second kappa shape index (κ2) is 13.5. The SMILES string of the molecule is CCNC(=NCc1ccnc(-n2cccn2)c1)NCCCN(C(C)C)C(C)C.I. The highest BCUT2D eigenvalue weighted by Gasteiger charge is 2.12. The molecule has 0 saturated carbocycles. The summed E-state index contributed by atoms with van der Waals surface area (Å²) < 4.78 is 1.76. The van der Waals surface area contributed by atoms with E-state index in [2.05, 4.69) is 60.2 Å². The van der Waals surface area contributed by atoms with Crippen LogP contribution in [0.3, 0.4) is 0 Å². The minimum absolute atomic E-state index is 0. The molecule has 0 saturated heterocycles. The summed E-state index contributed by atoms with van der Waals surface area (Å²) in [6.07, 6.45) is 6.52. The molecule has 0 fully saturated rings. The van der Waals surface area contributed by atoms with Gasteiger partial charge in [0.25, 0.3) is 0 Å². The third-order valence-electron chi connectivity index (χ3n) is 4.53. The van der Waals surface area contributed by atoms with Crippen molar-refractivity contribution in [3.63, 3.8) is 0 Å². The number of nitrogens with one attached hydrogen (secondary N) is 2. The Labute approximate surface area is 192 Å². The zero-order valence-electron chi connectivity index (χ0n) is 18.3. The van der Waals surface area contributed by atoms with Gasteiger partial charge in [0.15, 0.2) is 11.8 Å². The highest BCUT2D eigenvalue weighted by molar-refractivity contribution is 14.0. The van der Waals surface area contributed by atoms with E-state index in [1.807, 2.05) is 24.4 Å². The Bertz CT molecular complexity index is 706. The highest BCUT2D eigenvalue weighted by Crippen LogP contribution is 2.08.